The van der Waals surface area contributed by atoms with Gasteiger partial charge in [0.05, 0.1) is 27.0 Å². The van der Waals surface area contributed by atoms with Crippen molar-refractivity contribution in [2.24, 2.45) is 0 Å². The van der Waals surface area contributed by atoms with Gasteiger partial charge in [-0.2, -0.15) is 4.98 Å². The van der Waals surface area contributed by atoms with Gasteiger partial charge in [0, 0.05) is 17.0 Å². The highest BCUT2D eigenvalue weighted by Crippen LogP contribution is 2.38. The average Bonchev–Trinajstić information content (AvgIpc) is 3.37. The maximum atomic E-state index is 12.4. The molecule has 1 N–H and O–H groups in total. The quantitative estimate of drug-likeness (QED) is 0.438. The Morgan fingerprint density at radius 3 is 2.42 bits per heavy atom. The Bertz CT molecular complexity index is 1220. The third kappa shape index (κ3) is 4.22. The highest BCUT2D eigenvalue weighted by molar-refractivity contribution is 7.15. The average molecular weight is 436 g/mol. The minimum Gasteiger partial charge on any atom is -0.493 e. The van der Waals surface area contributed by atoms with E-state index >= 15 is 0 Å². The molecule has 2 aromatic carbocycles. The van der Waals surface area contributed by atoms with Crippen molar-refractivity contribution in [3.8, 4) is 28.5 Å². The van der Waals surface area contributed by atoms with Gasteiger partial charge in [0.25, 0.3) is 11.9 Å². The van der Waals surface area contributed by atoms with Gasteiger partial charge in [0.2, 0.25) is 10.7 Å². The number of aromatic nitrogens is 3. The summed E-state index contributed by atoms with van der Waals surface area (Å²) < 4.78 is 17.7. The first-order valence-corrected chi connectivity index (χ1v) is 10.2. The maximum Gasteiger partial charge on any atom is 0.250 e. The molecule has 0 aliphatic carbocycles. The van der Waals surface area contributed by atoms with Crippen LogP contribution in [0.3, 0.4) is 0 Å². The van der Waals surface area contributed by atoms with Crippen molar-refractivity contribution in [2.45, 2.75) is 0 Å². The topological polar surface area (TPSA) is 87.0 Å². The number of fused-ring (bicyclic) bond motifs is 1. The number of amides is 1. The predicted octanol–water partition coefficient (Wildman–Crippen LogP) is 4.14. The zero-order valence-electron chi connectivity index (χ0n) is 17.2. The molecule has 0 saturated heterocycles. The fraction of sp³-hybridized carbons (Fsp3) is 0.136. The van der Waals surface area contributed by atoms with Crippen LogP contribution in [0.2, 0.25) is 0 Å². The van der Waals surface area contributed by atoms with Crippen LogP contribution in [-0.4, -0.2) is 41.8 Å². The van der Waals surface area contributed by atoms with Gasteiger partial charge >= 0.3 is 0 Å². The minimum absolute atomic E-state index is 0.239. The van der Waals surface area contributed by atoms with E-state index in [1.54, 1.807) is 22.7 Å². The van der Waals surface area contributed by atoms with E-state index in [1.165, 1.54) is 38.7 Å². The number of nitrogens with one attached hydrogen (secondary N) is 1. The molecule has 0 unspecified atom stereocenters. The summed E-state index contributed by atoms with van der Waals surface area (Å²) in [4.78, 5) is 17.5. The Hall–Kier alpha value is -3.85. The largest absolute Gasteiger partial charge is 0.493 e. The van der Waals surface area contributed by atoms with E-state index < -0.39 is 0 Å². The van der Waals surface area contributed by atoms with Crippen LogP contribution in [0.5, 0.6) is 17.2 Å². The van der Waals surface area contributed by atoms with Crippen LogP contribution in [0.15, 0.2) is 53.9 Å². The van der Waals surface area contributed by atoms with Crippen LogP contribution in [-0.2, 0) is 4.79 Å². The molecule has 0 aliphatic heterocycles. The Morgan fingerprint density at radius 1 is 1.06 bits per heavy atom. The van der Waals surface area contributed by atoms with Crippen molar-refractivity contribution in [1.29, 1.82) is 0 Å². The molecule has 4 aromatic rings. The van der Waals surface area contributed by atoms with E-state index in [2.05, 4.69) is 15.4 Å². The summed E-state index contributed by atoms with van der Waals surface area (Å²) in [7, 11) is 4.61. The minimum atomic E-state index is -0.353. The van der Waals surface area contributed by atoms with Crippen LogP contribution in [0.1, 0.15) is 5.56 Å². The molecule has 2 aromatic heterocycles. The van der Waals surface area contributed by atoms with Crippen molar-refractivity contribution in [3.05, 3.63) is 59.5 Å². The van der Waals surface area contributed by atoms with Crippen molar-refractivity contribution >= 4 is 34.2 Å². The molecule has 0 spiro atoms. The van der Waals surface area contributed by atoms with Gasteiger partial charge < -0.3 is 14.2 Å². The Labute approximate surface area is 182 Å². The van der Waals surface area contributed by atoms with Crippen LogP contribution < -0.4 is 19.5 Å². The zero-order valence-corrected chi connectivity index (χ0v) is 18.0. The molecule has 4 rings (SSSR count). The van der Waals surface area contributed by atoms with Crippen LogP contribution in [0, 0.1) is 0 Å². The van der Waals surface area contributed by atoms with Gasteiger partial charge in [-0.15, -0.1) is 16.4 Å². The zero-order chi connectivity index (χ0) is 21.8. The fourth-order valence-electron chi connectivity index (χ4n) is 3.06. The highest BCUT2D eigenvalue weighted by Gasteiger charge is 2.14. The first-order chi connectivity index (χ1) is 15.1. The van der Waals surface area contributed by atoms with Crippen molar-refractivity contribution in [1.82, 2.24) is 14.6 Å². The number of anilines is 1. The number of rotatable bonds is 7. The molecule has 0 atom stereocenters. The lowest BCUT2D eigenvalue weighted by Gasteiger charge is -2.12. The van der Waals surface area contributed by atoms with Crippen LogP contribution in [0.4, 0.5) is 5.95 Å². The third-order valence-corrected chi connectivity index (χ3v) is 5.32. The van der Waals surface area contributed by atoms with Gasteiger partial charge in [0.15, 0.2) is 11.5 Å². The summed E-state index contributed by atoms with van der Waals surface area (Å²) >= 11 is 1.46. The lowest BCUT2D eigenvalue weighted by atomic mass is 10.1. The number of hydrogen-bond acceptors (Lipinski definition) is 7. The molecule has 0 saturated carbocycles. The molecule has 0 radical (unpaired) electrons. The summed E-state index contributed by atoms with van der Waals surface area (Å²) in [6, 6.07) is 13.4. The number of methoxy groups -OCH3 is 3. The first-order valence-electron chi connectivity index (χ1n) is 9.31. The monoisotopic (exact) mass is 436 g/mol. The van der Waals surface area contributed by atoms with Crippen molar-refractivity contribution in [3.63, 3.8) is 0 Å². The number of hydrogen-bond donors (Lipinski definition) is 1. The maximum absolute atomic E-state index is 12.4. The van der Waals surface area contributed by atoms with Gasteiger partial charge in [0.1, 0.15) is 0 Å². The number of thiazole rings is 1. The normalized spacial score (nSPS) is 11.1. The Balaban J connectivity index is 1.52. The summed E-state index contributed by atoms with van der Waals surface area (Å²) in [6.07, 6.45) is 3.04. The summed E-state index contributed by atoms with van der Waals surface area (Å²) in [5.41, 5.74) is 2.66. The highest BCUT2D eigenvalue weighted by atomic mass is 32.1. The van der Waals surface area contributed by atoms with Crippen LogP contribution >= 0.6 is 11.3 Å². The van der Waals surface area contributed by atoms with Gasteiger partial charge in [-0.1, -0.05) is 30.3 Å². The van der Waals surface area contributed by atoms with Crippen molar-refractivity contribution in [2.75, 3.05) is 26.6 Å². The molecule has 1 amide bonds. The lowest BCUT2D eigenvalue weighted by Crippen LogP contribution is -2.09. The molecule has 9 heteroatoms. The van der Waals surface area contributed by atoms with E-state index in [4.69, 9.17) is 14.2 Å². The van der Waals surface area contributed by atoms with Gasteiger partial charge in [-0.3, -0.25) is 10.1 Å². The molecule has 0 aliphatic rings. The number of nitrogens with zero attached hydrogens (tertiary/aromatic N) is 3. The first kappa shape index (κ1) is 20.4. The van der Waals surface area contributed by atoms with Crippen molar-refractivity contribution < 1.29 is 19.0 Å². The Kier molecular flexibility index (Phi) is 5.85. The summed E-state index contributed by atoms with van der Waals surface area (Å²) in [5, 5.41) is 9.10. The standard InChI is InChI=1S/C22H20N4O4S/c1-28-17-11-14(12-18(29-2)20(17)30-3)9-10-19(27)23-21-24-22-26(25-21)16(13-31-22)15-7-5-4-6-8-15/h4-13H,1-3H3,(H,23,25,27)/b10-9+. The van der Waals surface area contributed by atoms with Gasteiger partial charge in [-0.05, 0) is 23.8 Å². The second-order valence-electron chi connectivity index (χ2n) is 6.40. The van der Waals surface area contributed by atoms with E-state index in [0.29, 0.717) is 22.2 Å². The van der Waals surface area contributed by atoms with E-state index in [0.717, 1.165) is 16.8 Å². The fourth-order valence-corrected chi connectivity index (χ4v) is 3.89. The smallest absolute Gasteiger partial charge is 0.250 e. The van der Waals surface area contributed by atoms with E-state index in [9.17, 15) is 4.79 Å². The Morgan fingerprint density at radius 2 is 1.77 bits per heavy atom. The molecule has 0 bridgehead atoms. The number of benzene rings is 2. The second-order valence-corrected chi connectivity index (χ2v) is 7.23. The molecule has 0 fully saturated rings. The molecular formula is C22H20N4O4S. The number of ether oxygens (including phenoxy) is 3. The molecular weight excluding hydrogens is 416 g/mol. The van der Waals surface area contributed by atoms with E-state index in [-0.39, 0.29) is 11.9 Å². The predicted molar refractivity (Wildman–Crippen MR) is 120 cm³/mol. The number of carbonyl (C=O) groups is 1. The lowest BCUT2D eigenvalue weighted by molar-refractivity contribution is -0.111. The SMILES string of the molecule is COc1cc(/C=C/C(=O)Nc2nc3scc(-c4ccccc4)n3n2)cc(OC)c1OC. The van der Waals surface area contributed by atoms with Crippen LogP contribution in [0.25, 0.3) is 22.3 Å². The summed E-state index contributed by atoms with van der Waals surface area (Å²) in [5.74, 6) is 1.39. The molecule has 2 heterocycles. The number of carbonyl (C=O) groups excluding carboxylic acids is 1. The third-order valence-electron chi connectivity index (χ3n) is 4.50. The molecule has 8 nitrogen and oxygen atoms in total. The molecule has 31 heavy (non-hydrogen) atoms. The summed E-state index contributed by atoms with van der Waals surface area (Å²) in [6.45, 7) is 0. The van der Waals surface area contributed by atoms with Gasteiger partial charge in [-0.25, -0.2) is 4.52 Å². The molecule has 158 valence electrons. The second kappa shape index (κ2) is 8.88. The van der Waals surface area contributed by atoms with E-state index in [1.807, 2.05) is 35.7 Å².